The molecule has 0 amide bonds. The molecule has 0 nitrogen and oxygen atoms in total. The van der Waals surface area contributed by atoms with Crippen LogP contribution < -0.4 is 0 Å². The van der Waals surface area contributed by atoms with Crippen molar-refractivity contribution < 1.29 is 0 Å². The molecule has 0 fully saturated rings. The van der Waals surface area contributed by atoms with Crippen molar-refractivity contribution >= 4 is 0 Å². The Morgan fingerprint density at radius 1 is 1.30 bits per heavy atom. The second-order valence-electron chi connectivity index (χ2n) is 2.24. The normalized spacial score (nSPS) is 13.7. The largest absolute Gasteiger partial charge is 0.0877 e. The molecule has 0 N–H and O–H groups in total. The maximum atomic E-state index is 2.21. The number of allylic oxidation sites excluding steroid dienone is 6. The van der Waals surface area contributed by atoms with Gasteiger partial charge in [0.15, 0.2) is 0 Å². The molecule has 0 heteroatoms. The molecule has 0 saturated heterocycles. The smallest absolute Gasteiger partial charge is 0.0374 e. The molecule has 0 radical (unpaired) electrons. The first kappa shape index (κ1) is 9.22. The van der Waals surface area contributed by atoms with Crippen molar-refractivity contribution in [3.05, 3.63) is 36.0 Å². The van der Waals surface area contributed by atoms with Gasteiger partial charge in [0.05, 0.1) is 0 Å². The molecule has 0 saturated carbocycles. The van der Waals surface area contributed by atoms with Crippen LogP contribution in [0.25, 0.3) is 0 Å². The van der Waals surface area contributed by atoms with Crippen molar-refractivity contribution in [1.29, 1.82) is 0 Å². The number of rotatable bonds is 3. The Hall–Kier alpha value is -0.780. The predicted octanol–water partition coefficient (Wildman–Crippen LogP) is 3.48. The summed E-state index contributed by atoms with van der Waals surface area (Å²) in [6, 6.07) is 0. The van der Waals surface area contributed by atoms with E-state index in [1.165, 1.54) is 5.57 Å². The van der Waals surface area contributed by atoms with Crippen LogP contribution in [0.15, 0.2) is 36.0 Å². The molecule has 0 unspecified atom stereocenters. The zero-order chi connectivity index (χ0) is 7.82. The van der Waals surface area contributed by atoms with E-state index in [0.717, 1.165) is 6.42 Å². The molecule has 10 heavy (non-hydrogen) atoms. The van der Waals surface area contributed by atoms with Crippen molar-refractivity contribution in [2.45, 2.75) is 27.2 Å². The molecule has 0 aliphatic rings. The first-order chi connectivity index (χ1) is 4.81. The van der Waals surface area contributed by atoms with E-state index in [1.807, 2.05) is 19.1 Å². The third-order valence-corrected chi connectivity index (χ3v) is 1.19. The van der Waals surface area contributed by atoms with E-state index in [0.29, 0.717) is 0 Å². The van der Waals surface area contributed by atoms with Crippen LogP contribution in [-0.2, 0) is 0 Å². The summed E-state index contributed by atoms with van der Waals surface area (Å²) < 4.78 is 0. The van der Waals surface area contributed by atoms with E-state index in [4.69, 9.17) is 0 Å². The summed E-state index contributed by atoms with van der Waals surface area (Å²) in [5, 5.41) is 0. The number of hydrogen-bond donors (Lipinski definition) is 0. The summed E-state index contributed by atoms with van der Waals surface area (Å²) in [6.07, 6.45) is 11.6. The molecule has 56 valence electrons. The van der Waals surface area contributed by atoms with Crippen LogP contribution >= 0.6 is 0 Å². The van der Waals surface area contributed by atoms with Crippen LogP contribution in [0.5, 0.6) is 0 Å². The summed E-state index contributed by atoms with van der Waals surface area (Å²) >= 11 is 0. The lowest BCUT2D eigenvalue weighted by atomic mass is 10.2. The van der Waals surface area contributed by atoms with Gasteiger partial charge >= 0.3 is 0 Å². The van der Waals surface area contributed by atoms with Gasteiger partial charge in [-0.15, -0.1) is 0 Å². The summed E-state index contributed by atoms with van der Waals surface area (Å²) in [5.41, 5.74) is 1.33. The summed E-state index contributed by atoms with van der Waals surface area (Å²) in [7, 11) is 0. The van der Waals surface area contributed by atoms with Crippen LogP contribution in [0.4, 0.5) is 0 Å². The predicted molar refractivity (Wildman–Crippen MR) is 48.0 cm³/mol. The highest BCUT2D eigenvalue weighted by atomic mass is 13.8. The molecule has 0 aromatic heterocycles. The van der Waals surface area contributed by atoms with E-state index >= 15 is 0 Å². The maximum absolute atomic E-state index is 2.21. The molecular formula is C10H16. The summed E-state index contributed by atoms with van der Waals surface area (Å²) in [4.78, 5) is 0. The Morgan fingerprint density at radius 3 is 2.50 bits per heavy atom. The lowest BCUT2D eigenvalue weighted by Gasteiger charge is -1.86. The van der Waals surface area contributed by atoms with Gasteiger partial charge in [-0.1, -0.05) is 42.9 Å². The first-order valence-corrected chi connectivity index (χ1v) is 3.77. The van der Waals surface area contributed by atoms with Crippen LogP contribution in [0, 0.1) is 0 Å². The Kier molecular flexibility index (Phi) is 5.85. The Balaban J connectivity index is 3.76. The summed E-state index contributed by atoms with van der Waals surface area (Å²) in [5.74, 6) is 0. The van der Waals surface area contributed by atoms with Gasteiger partial charge in [-0.2, -0.15) is 0 Å². The highest BCUT2D eigenvalue weighted by Crippen LogP contribution is 1.96. The summed E-state index contributed by atoms with van der Waals surface area (Å²) in [6.45, 7) is 6.28. The second-order valence-corrected chi connectivity index (χ2v) is 2.24. The standard InChI is InChI=1S/C10H16/c1-4-6-7-9-10(3)8-5-2/h4,6-9H,5H2,1-3H3/b6-4-,9-7-,10-8+. The van der Waals surface area contributed by atoms with Crippen LogP contribution in [0.2, 0.25) is 0 Å². The van der Waals surface area contributed by atoms with Gasteiger partial charge in [-0.05, 0) is 20.3 Å². The van der Waals surface area contributed by atoms with Gasteiger partial charge in [0.2, 0.25) is 0 Å². The fourth-order valence-corrected chi connectivity index (χ4v) is 0.708. The molecular weight excluding hydrogens is 120 g/mol. The lowest BCUT2D eigenvalue weighted by molar-refractivity contribution is 1.20. The monoisotopic (exact) mass is 136 g/mol. The van der Waals surface area contributed by atoms with Gasteiger partial charge in [-0.3, -0.25) is 0 Å². The SMILES string of the molecule is C\C=C/C=C\C(C)=C\CC. The average Bonchev–Trinajstić information content (AvgIpc) is 1.89. The average molecular weight is 136 g/mol. The zero-order valence-corrected chi connectivity index (χ0v) is 7.09. The molecule has 0 bridgehead atoms. The van der Waals surface area contributed by atoms with Crippen molar-refractivity contribution in [1.82, 2.24) is 0 Å². The quantitative estimate of drug-likeness (QED) is 0.521. The Bertz CT molecular complexity index is 147. The van der Waals surface area contributed by atoms with Crippen LogP contribution in [0.3, 0.4) is 0 Å². The third kappa shape index (κ3) is 5.36. The number of hydrogen-bond acceptors (Lipinski definition) is 0. The molecule has 0 spiro atoms. The second kappa shape index (κ2) is 6.34. The molecule has 0 aromatic carbocycles. The minimum atomic E-state index is 1.12. The third-order valence-electron chi connectivity index (χ3n) is 1.19. The fourth-order valence-electron chi connectivity index (χ4n) is 0.708. The van der Waals surface area contributed by atoms with Gasteiger partial charge in [0, 0.05) is 0 Å². The minimum Gasteiger partial charge on any atom is -0.0877 e. The van der Waals surface area contributed by atoms with Crippen molar-refractivity contribution in [2.75, 3.05) is 0 Å². The molecule has 0 aromatic rings. The molecule has 0 rings (SSSR count). The Labute approximate surface area is 64.0 Å². The van der Waals surface area contributed by atoms with Gasteiger partial charge in [0.1, 0.15) is 0 Å². The topological polar surface area (TPSA) is 0 Å². The van der Waals surface area contributed by atoms with Crippen molar-refractivity contribution in [2.24, 2.45) is 0 Å². The van der Waals surface area contributed by atoms with Gasteiger partial charge in [-0.25, -0.2) is 0 Å². The molecule has 0 aliphatic carbocycles. The minimum absolute atomic E-state index is 1.12. The van der Waals surface area contributed by atoms with E-state index in [1.54, 1.807) is 0 Å². The van der Waals surface area contributed by atoms with Gasteiger partial charge in [0.25, 0.3) is 0 Å². The molecule has 0 atom stereocenters. The van der Waals surface area contributed by atoms with Crippen LogP contribution in [-0.4, -0.2) is 0 Å². The van der Waals surface area contributed by atoms with E-state index in [9.17, 15) is 0 Å². The van der Waals surface area contributed by atoms with Gasteiger partial charge < -0.3 is 0 Å². The van der Waals surface area contributed by atoms with E-state index in [2.05, 4.69) is 32.1 Å². The lowest BCUT2D eigenvalue weighted by Crippen LogP contribution is -1.65. The van der Waals surface area contributed by atoms with Crippen molar-refractivity contribution in [3.8, 4) is 0 Å². The Morgan fingerprint density at radius 2 is 2.00 bits per heavy atom. The van der Waals surface area contributed by atoms with E-state index < -0.39 is 0 Å². The maximum Gasteiger partial charge on any atom is -0.0374 e. The fraction of sp³-hybridized carbons (Fsp3) is 0.400. The molecule has 0 heterocycles. The highest BCUT2D eigenvalue weighted by Gasteiger charge is 1.75. The first-order valence-electron chi connectivity index (χ1n) is 3.77. The van der Waals surface area contributed by atoms with E-state index in [-0.39, 0.29) is 0 Å². The highest BCUT2D eigenvalue weighted by molar-refractivity contribution is 5.19. The molecule has 0 aliphatic heterocycles. The van der Waals surface area contributed by atoms with Crippen LogP contribution in [0.1, 0.15) is 27.2 Å². The van der Waals surface area contributed by atoms with Crippen molar-refractivity contribution in [3.63, 3.8) is 0 Å². The zero-order valence-electron chi connectivity index (χ0n) is 7.09.